The number of rotatable bonds is 3. The Hall–Kier alpha value is -2.10. The minimum atomic E-state index is 0.797. The fourth-order valence-electron chi connectivity index (χ4n) is 1.37. The molecule has 0 unspecified atom stereocenters. The standard InChI is InChI=1S/C12H14N4/c1-16(2)11-5-3-4-10(8-11)15-12-6-7-13-9-14-12/h3-9H,1-2H3,(H,13,14,15). The summed E-state index contributed by atoms with van der Waals surface area (Å²) in [7, 11) is 4.04. The summed E-state index contributed by atoms with van der Waals surface area (Å²) in [5.74, 6) is 0.797. The molecule has 0 saturated carbocycles. The molecule has 16 heavy (non-hydrogen) atoms. The SMILES string of the molecule is CN(C)c1cccc(Nc2ccncn2)c1. The van der Waals surface area contributed by atoms with Gasteiger partial charge in [0.05, 0.1) is 0 Å². The van der Waals surface area contributed by atoms with Crippen molar-refractivity contribution in [3.63, 3.8) is 0 Å². The first-order valence-electron chi connectivity index (χ1n) is 5.06. The maximum absolute atomic E-state index is 4.11. The van der Waals surface area contributed by atoms with Gasteiger partial charge in [-0.1, -0.05) is 6.07 Å². The third-order valence-electron chi connectivity index (χ3n) is 2.22. The zero-order valence-corrected chi connectivity index (χ0v) is 9.38. The van der Waals surface area contributed by atoms with E-state index >= 15 is 0 Å². The highest BCUT2D eigenvalue weighted by Crippen LogP contribution is 2.19. The quantitative estimate of drug-likeness (QED) is 0.851. The number of anilines is 3. The first-order valence-corrected chi connectivity index (χ1v) is 5.06. The lowest BCUT2D eigenvalue weighted by atomic mass is 10.2. The molecule has 2 aromatic rings. The van der Waals surface area contributed by atoms with E-state index in [1.165, 1.54) is 6.33 Å². The van der Waals surface area contributed by atoms with Gasteiger partial charge in [0.25, 0.3) is 0 Å². The van der Waals surface area contributed by atoms with Crippen molar-refractivity contribution < 1.29 is 0 Å². The smallest absolute Gasteiger partial charge is 0.133 e. The Balaban J connectivity index is 2.19. The van der Waals surface area contributed by atoms with Crippen molar-refractivity contribution in [1.82, 2.24) is 9.97 Å². The van der Waals surface area contributed by atoms with Gasteiger partial charge in [0.1, 0.15) is 12.1 Å². The van der Waals surface area contributed by atoms with Crippen molar-refractivity contribution in [2.45, 2.75) is 0 Å². The molecule has 0 atom stereocenters. The van der Waals surface area contributed by atoms with Crippen LogP contribution in [0.25, 0.3) is 0 Å². The maximum Gasteiger partial charge on any atom is 0.133 e. The zero-order valence-electron chi connectivity index (χ0n) is 9.38. The second-order valence-corrected chi connectivity index (χ2v) is 3.66. The van der Waals surface area contributed by atoms with Gasteiger partial charge in [-0.15, -0.1) is 0 Å². The molecule has 0 bridgehead atoms. The molecular formula is C12H14N4. The molecule has 1 aromatic heterocycles. The first kappa shape index (κ1) is 10.4. The molecular weight excluding hydrogens is 200 g/mol. The third kappa shape index (κ3) is 2.48. The predicted octanol–water partition coefficient (Wildman–Crippen LogP) is 2.29. The van der Waals surface area contributed by atoms with Crippen molar-refractivity contribution in [3.05, 3.63) is 42.9 Å². The summed E-state index contributed by atoms with van der Waals surface area (Å²) in [4.78, 5) is 10.0. The first-order chi connectivity index (χ1) is 7.75. The molecule has 0 radical (unpaired) electrons. The summed E-state index contributed by atoms with van der Waals surface area (Å²) in [6, 6.07) is 9.99. The third-order valence-corrected chi connectivity index (χ3v) is 2.22. The lowest BCUT2D eigenvalue weighted by Crippen LogP contribution is -2.08. The van der Waals surface area contributed by atoms with Crippen LogP contribution in [0.2, 0.25) is 0 Å². The summed E-state index contributed by atoms with van der Waals surface area (Å²) in [6.45, 7) is 0. The van der Waals surface area contributed by atoms with E-state index in [0.29, 0.717) is 0 Å². The van der Waals surface area contributed by atoms with E-state index < -0.39 is 0 Å². The van der Waals surface area contributed by atoms with Crippen molar-refractivity contribution >= 4 is 17.2 Å². The van der Waals surface area contributed by atoms with E-state index in [1.54, 1.807) is 6.20 Å². The Kier molecular flexibility index (Phi) is 3.00. The Bertz CT molecular complexity index is 454. The van der Waals surface area contributed by atoms with Gasteiger partial charge in [-0.3, -0.25) is 0 Å². The molecule has 0 aliphatic heterocycles. The van der Waals surface area contributed by atoms with Crippen LogP contribution < -0.4 is 10.2 Å². The van der Waals surface area contributed by atoms with E-state index in [2.05, 4.69) is 32.3 Å². The zero-order chi connectivity index (χ0) is 11.4. The molecule has 0 amide bonds. The van der Waals surface area contributed by atoms with E-state index in [-0.39, 0.29) is 0 Å². The average molecular weight is 214 g/mol. The van der Waals surface area contributed by atoms with Gasteiger partial charge in [0, 0.05) is 31.7 Å². The number of nitrogens with one attached hydrogen (secondary N) is 1. The molecule has 4 heteroatoms. The van der Waals surface area contributed by atoms with Gasteiger partial charge in [-0.25, -0.2) is 9.97 Å². The molecule has 4 nitrogen and oxygen atoms in total. The summed E-state index contributed by atoms with van der Waals surface area (Å²) in [6.07, 6.45) is 3.24. The molecule has 1 heterocycles. The fraction of sp³-hybridized carbons (Fsp3) is 0.167. The minimum Gasteiger partial charge on any atom is -0.378 e. The van der Waals surface area contributed by atoms with Crippen LogP contribution in [0.3, 0.4) is 0 Å². The molecule has 0 aliphatic carbocycles. The topological polar surface area (TPSA) is 41.0 Å². The normalized spacial score (nSPS) is 9.88. The van der Waals surface area contributed by atoms with Gasteiger partial charge in [0.15, 0.2) is 0 Å². The van der Waals surface area contributed by atoms with Crippen LogP contribution >= 0.6 is 0 Å². The van der Waals surface area contributed by atoms with Crippen molar-refractivity contribution in [2.24, 2.45) is 0 Å². The highest BCUT2D eigenvalue weighted by Gasteiger charge is 1.98. The average Bonchev–Trinajstić information content (AvgIpc) is 2.30. The van der Waals surface area contributed by atoms with Crippen LogP contribution in [0.15, 0.2) is 42.9 Å². The molecule has 0 spiro atoms. The number of hydrogen-bond acceptors (Lipinski definition) is 4. The van der Waals surface area contributed by atoms with E-state index in [1.807, 2.05) is 32.3 Å². The van der Waals surface area contributed by atoms with Crippen LogP contribution in [-0.2, 0) is 0 Å². The monoisotopic (exact) mass is 214 g/mol. The Morgan fingerprint density at radius 2 is 2.06 bits per heavy atom. The van der Waals surface area contributed by atoms with E-state index in [0.717, 1.165) is 17.2 Å². The number of nitrogens with zero attached hydrogens (tertiary/aromatic N) is 3. The number of aromatic nitrogens is 2. The lowest BCUT2D eigenvalue weighted by molar-refractivity contribution is 1.13. The minimum absolute atomic E-state index is 0.797. The van der Waals surface area contributed by atoms with E-state index in [4.69, 9.17) is 0 Å². The van der Waals surface area contributed by atoms with Crippen LogP contribution in [0, 0.1) is 0 Å². The Labute approximate surface area is 95.0 Å². The molecule has 1 aromatic carbocycles. The van der Waals surface area contributed by atoms with Crippen molar-refractivity contribution in [2.75, 3.05) is 24.3 Å². The summed E-state index contributed by atoms with van der Waals surface area (Å²) < 4.78 is 0. The summed E-state index contributed by atoms with van der Waals surface area (Å²) >= 11 is 0. The van der Waals surface area contributed by atoms with Crippen molar-refractivity contribution in [3.8, 4) is 0 Å². The highest BCUT2D eigenvalue weighted by molar-refractivity contribution is 5.62. The molecule has 0 aliphatic rings. The highest BCUT2D eigenvalue weighted by atomic mass is 15.1. The van der Waals surface area contributed by atoms with Gasteiger partial charge in [0.2, 0.25) is 0 Å². The predicted molar refractivity (Wildman–Crippen MR) is 66.1 cm³/mol. The second-order valence-electron chi connectivity index (χ2n) is 3.66. The Morgan fingerprint density at radius 1 is 1.19 bits per heavy atom. The van der Waals surface area contributed by atoms with Crippen LogP contribution in [-0.4, -0.2) is 24.1 Å². The van der Waals surface area contributed by atoms with Gasteiger partial charge in [-0.2, -0.15) is 0 Å². The molecule has 1 N–H and O–H groups in total. The number of hydrogen-bond donors (Lipinski definition) is 1. The molecule has 2 rings (SSSR count). The lowest BCUT2D eigenvalue weighted by Gasteiger charge is -2.14. The molecule has 82 valence electrons. The molecule has 0 saturated heterocycles. The van der Waals surface area contributed by atoms with Crippen LogP contribution in [0.4, 0.5) is 17.2 Å². The van der Waals surface area contributed by atoms with Crippen LogP contribution in [0.1, 0.15) is 0 Å². The van der Waals surface area contributed by atoms with Crippen LogP contribution in [0.5, 0.6) is 0 Å². The maximum atomic E-state index is 4.11. The van der Waals surface area contributed by atoms with Gasteiger partial charge in [-0.05, 0) is 24.3 Å². The Morgan fingerprint density at radius 3 is 2.75 bits per heavy atom. The summed E-state index contributed by atoms with van der Waals surface area (Å²) in [5.41, 5.74) is 2.17. The largest absolute Gasteiger partial charge is 0.378 e. The van der Waals surface area contributed by atoms with Crippen molar-refractivity contribution in [1.29, 1.82) is 0 Å². The second kappa shape index (κ2) is 4.61. The van der Waals surface area contributed by atoms with Gasteiger partial charge >= 0.3 is 0 Å². The van der Waals surface area contributed by atoms with Gasteiger partial charge < -0.3 is 10.2 Å². The summed E-state index contributed by atoms with van der Waals surface area (Å²) in [5, 5.41) is 3.22. The number of benzene rings is 1. The fourth-order valence-corrected chi connectivity index (χ4v) is 1.37. The molecule has 0 fully saturated rings. The van der Waals surface area contributed by atoms with E-state index in [9.17, 15) is 0 Å².